The van der Waals surface area contributed by atoms with Crippen molar-refractivity contribution in [2.75, 3.05) is 45.8 Å². The predicted molar refractivity (Wildman–Crippen MR) is 402 cm³/mol. The summed E-state index contributed by atoms with van der Waals surface area (Å²) in [5.74, 6) is 6.05. The Morgan fingerprint density at radius 2 is 0.916 bits per heavy atom. The predicted octanol–water partition coefficient (Wildman–Crippen LogP) is 8.44. The van der Waals surface area contributed by atoms with Gasteiger partial charge in [0.05, 0.1) is 18.5 Å². The number of alkyl carbamates (subject to hydrolysis) is 2. The van der Waals surface area contributed by atoms with E-state index in [1.54, 1.807) is 0 Å². The normalized spacial score (nSPS) is 32.9. The first-order chi connectivity index (χ1) is 47.3. The number of ether oxygens (including phenoxy) is 2. The number of fused-ring (bicyclic) bond motifs is 10. The summed E-state index contributed by atoms with van der Waals surface area (Å²) < 4.78 is 11.6. The van der Waals surface area contributed by atoms with Gasteiger partial charge in [0.2, 0.25) is 0 Å². The third kappa shape index (κ3) is 30.6. The summed E-state index contributed by atoms with van der Waals surface area (Å²) in [7, 11) is 3.64. The van der Waals surface area contributed by atoms with Gasteiger partial charge in [0.25, 0.3) is 0 Å². The van der Waals surface area contributed by atoms with Crippen molar-refractivity contribution in [1.29, 1.82) is 0 Å². The third-order valence-corrected chi connectivity index (χ3v) is 27.1. The summed E-state index contributed by atoms with van der Waals surface area (Å²) in [4.78, 5) is 76.3. The van der Waals surface area contributed by atoms with E-state index in [9.17, 15) is 34.2 Å². The summed E-state index contributed by atoms with van der Waals surface area (Å²) in [5.41, 5.74) is 33.5. The number of carboxylic acid groups (broad SMARTS) is 3. The SMILES string of the molecule is C.CC(C)CCC[C@@H](C)[C@H]1CC[C@H]2[C@@H]3CC=C4C[C@@H](OC(=O)NCCN(CC(=O)[O-])CC(=O)O)CC[C@]4(C)[C@H]3CC[C@]12C.O.O.O=C=O.[CH2-]N(CCNC(=O)O[C@H]1CC[C@@]2(C)C(=CC[C@H]3[C@@H]4CC[C@H]([C@H](C)CCCC(C)C)[C@@]4(C)CC[C@@H]32)C1)CC(=O)[O-].[Li+].[Li+].[NH-][C@@H]1CCCC[C@H]1[NH-].[NH-][C@@H]1CCCC[C@H]1[NH-].[Pt+2].[Pt]. The topological polar surface area (TPSA) is 393 Å². The molecule has 20 atom stereocenters. The average Bonchev–Trinajstić information content (AvgIpc) is 1.68. The number of carbonyl (C=O) groups is 5. The van der Waals surface area contributed by atoms with Crippen LogP contribution in [0.4, 0.5) is 9.59 Å². The Balaban J connectivity index is 0. The molecule has 0 bridgehead atoms. The fraction of sp³-hybridized carbons (Fsp3) is 0.864. The molecule has 0 saturated heterocycles. The number of nitrogens with one attached hydrogen (secondary N) is 6. The van der Waals surface area contributed by atoms with Crippen molar-refractivity contribution in [3.05, 3.63) is 53.3 Å². The van der Waals surface area contributed by atoms with Crippen LogP contribution in [0.5, 0.6) is 0 Å². The van der Waals surface area contributed by atoms with Crippen molar-refractivity contribution in [3.8, 4) is 0 Å². The van der Waals surface area contributed by atoms with Crippen LogP contribution in [0.15, 0.2) is 23.3 Å². The van der Waals surface area contributed by atoms with Gasteiger partial charge in [0.1, 0.15) is 12.2 Å². The molecule has 10 aliphatic rings. The molecule has 0 spiro atoms. The Kier molecular flexibility index (Phi) is 51.2. The summed E-state index contributed by atoms with van der Waals surface area (Å²) in [6, 6.07) is -0.319. The Bertz CT molecular complexity index is 2670. The minimum Gasteiger partial charge on any atom is -0.676 e. The largest absolute Gasteiger partial charge is 2.00 e. The maximum Gasteiger partial charge on any atom is 2.00 e. The number of aliphatic carboxylic acids is 3. The zero-order valence-electron chi connectivity index (χ0n) is 66.9. The van der Waals surface area contributed by atoms with Gasteiger partial charge < -0.3 is 83.8 Å². The van der Waals surface area contributed by atoms with Crippen LogP contribution >= 0.6 is 0 Å². The molecule has 0 radical (unpaired) electrons. The average molecular weight is 1860 g/mol. The van der Waals surface area contributed by atoms with Crippen LogP contribution in [-0.4, -0.2) is 144 Å². The molecule has 8 fully saturated rings. The number of rotatable bonds is 24. The van der Waals surface area contributed by atoms with Crippen molar-refractivity contribution < 1.29 is 149 Å². The minimum atomic E-state index is -1.35. The Labute approximate surface area is 698 Å². The van der Waals surface area contributed by atoms with Gasteiger partial charge in [-0.2, -0.15) is 33.8 Å². The molecule has 22 nitrogen and oxygen atoms in total. The van der Waals surface area contributed by atoms with Gasteiger partial charge in [-0.1, -0.05) is 190 Å². The summed E-state index contributed by atoms with van der Waals surface area (Å²) in [5, 5.41) is 35.9. The van der Waals surface area contributed by atoms with Gasteiger partial charge in [-0.05, 0) is 189 Å². The molecule has 0 aromatic heterocycles. The number of allylic oxidation sites excluding steroid dienone is 2. The summed E-state index contributed by atoms with van der Waals surface area (Å²) >= 11 is 0. The zero-order chi connectivity index (χ0) is 73.7. The molecule has 26 heteroatoms. The number of nitrogens with zero attached hydrogens (tertiary/aromatic N) is 2. The van der Waals surface area contributed by atoms with Crippen LogP contribution in [0.1, 0.15) is 269 Å². The molecule has 107 heavy (non-hydrogen) atoms. The molecule has 8 saturated carbocycles. The summed E-state index contributed by atoms with van der Waals surface area (Å²) in [6.45, 7) is 24.3. The number of hydrogen-bond acceptors (Lipinski definition) is 13. The van der Waals surface area contributed by atoms with E-state index in [4.69, 9.17) is 47.1 Å². The van der Waals surface area contributed by atoms with Crippen molar-refractivity contribution in [1.82, 2.24) is 20.4 Å². The van der Waals surface area contributed by atoms with E-state index in [0.717, 1.165) is 136 Å². The molecule has 0 unspecified atom stereocenters. The van der Waals surface area contributed by atoms with E-state index in [2.05, 4.69) is 99.1 Å². The maximum absolute atomic E-state index is 12.5. The minimum absolute atomic E-state index is 0. The third-order valence-electron chi connectivity index (χ3n) is 27.1. The summed E-state index contributed by atoms with van der Waals surface area (Å²) in [6.07, 6.45) is 39.6. The van der Waals surface area contributed by atoms with Crippen LogP contribution < -0.4 is 58.6 Å². The molecule has 10 rings (SSSR count). The monoisotopic (exact) mass is 1850 g/mol. The van der Waals surface area contributed by atoms with Crippen molar-refractivity contribution in [2.24, 2.45) is 92.7 Å². The van der Waals surface area contributed by atoms with Crippen molar-refractivity contribution in [2.45, 2.75) is 306 Å². The van der Waals surface area contributed by atoms with E-state index in [1.165, 1.54) is 143 Å². The van der Waals surface area contributed by atoms with E-state index >= 15 is 0 Å². The molecular formula is C81H141Li2N8O14Pt2-3. The van der Waals surface area contributed by atoms with Crippen LogP contribution in [0.3, 0.4) is 0 Å². The first-order valence-corrected chi connectivity index (χ1v) is 39.3. The second-order valence-electron chi connectivity index (χ2n) is 34.5. The van der Waals surface area contributed by atoms with E-state index in [0.29, 0.717) is 29.8 Å². The molecule has 0 aliphatic heterocycles. The molecule has 0 aromatic rings. The number of carboxylic acids is 3. The molecule has 614 valence electrons. The van der Waals surface area contributed by atoms with Crippen molar-refractivity contribution >= 4 is 36.2 Å². The number of amides is 2. The Morgan fingerprint density at radius 1 is 0.561 bits per heavy atom. The molecule has 2 amide bonds. The van der Waals surface area contributed by atoms with Gasteiger partial charge in [-0.15, -0.1) is 0 Å². The second-order valence-corrected chi connectivity index (χ2v) is 34.5. The first-order valence-electron chi connectivity index (χ1n) is 39.3. The van der Waals surface area contributed by atoms with Gasteiger partial charge in [0.15, 0.2) is 0 Å². The quantitative estimate of drug-likeness (QED) is 0.0464. The van der Waals surface area contributed by atoms with Gasteiger partial charge in [-0.25, -0.2) is 9.59 Å². The number of hydrogen-bond donors (Lipinski definition) is 3. The van der Waals surface area contributed by atoms with Crippen LogP contribution in [-0.2, 0) is 75.6 Å². The zero-order valence-corrected chi connectivity index (χ0v) is 71.4. The smallest absolute Gasteiger partial charge is 0.676 e. The van der Waals surface area contributed by atoms with E-state index in [-0.39, 0.29) is 171 Å². The fourth-order valence-electron chi connectivity index (χ4n) is 21.6. The van der Waals surface area contributed by atoms with Gasteiger partial charge in [-0.3, -0.25) is 16.7 Å². The van der Waals surface area contributed by atoms with Crippen LogP contribution in [0.2, 0.25) is 0 Å². The van der Waals surface area contributed by atoms with Gasteiger partial charge >= 0.3 is 83.1 Å². The maximum atomic E-state index is 12.5. The Morgan fingerprint density at radius 3 is 1.24 bits per heavy atom. The molecule has 0 aromatic carbocycles. The van der Waals surface area contributed by atoms with E-state index in [1.807, 2.05) is 0 Å². The van der Waals surface area contributed by atoms with E-state index < -0.39 is 43.2 Å². The molecular weight excluding hydrogens is 1710 g/mol. The van der Waals surface area contributed by atoms with Gasteiger partial charge in [0, 0.05) is 66.6 Å². The molecule has 10 aliphatic carbocycles. The van der Waals surface area contributed by atoms with Crippen LogP contribution in [0.25, 0.3) is 22.9 Å². The fourth-order valence-corrected chi connectivity index (χ4v) is 21.6. The second kappa shape index (κ2) is 51.1. The first kappa shape index (κ1) is 107. The van der Waals surface area contributed by atoms with Crippen molar-refractivity contribution in [3.63, 3.8) is 0 Å². The van der Waals surface area contributed by atoms with Crippen LogP contribution in [0, 0.1) is 99.7 Å². The number of carbonyl (C=O) groups excluding carboxylic acids is 6. The molecule has 0 heterocycles. The Hall–Kier alpha value is -1.94. The standard InChI is InChI=1S/C34H56N2O6.C33H55N2O4.2C6H12N2.CO2.CH4.2Li.2H2O.2Pt/c1-22(2)7-6-8-23(3)27-11-12-28-26-10-9-24-19-25(13-15-33(24,4)29(26)14-16-34(27,28)5)42-32(41)35-17-18-36(20-30(37)38)21-31(39)40;1-22(2)8-7-9-23(3)27-12-13-28-26-11-10-24-20-25(39-31(38)34-18-19-35(6)21-30(36)37)14-16-32(24,4)29(26)15-17-33(27,28)5;2*7-5-3-1-2-4-6(5)8;2-1-3;;;;;;;/h9,22-23,25-29H,6-8,10-21H2,1-5H3,(H,35,41)(H,37,38)(H,39,40);10,22-23,25-29H,6-9,11-21H2,1-5H3,(H,34,38)(H,36,37);2*5-8H,1-4H2;;1H4;;;2*1H2;;/q;-1;2*-2;;;2*+1;;;;+2/p-2/t23-,25+,26+,27-,28+,29+,33+,34-;23-,25+,26+,27-,28+,29+,32+,33-;2*5-,6-;;;;;;;;/m1111......../s1. The molecule has 11 N–H and O–H groups in total.